The number of fused-ring (bicyclic) bond motifs is 1. The van der Waals surface area contributed by atoms with E-state index in [0.717, 1.165) is 0 Å². The number of amides is 1. The number of carbonyl (C=O) groups is 3. The number of hydrogen-bond donors (Lipinski definition) is 0. The molecule has 2 unspecified atom stereocenters. The van der Waals surface area contributed by atoms with Crippen LogP contribution in [0.15, 0.2) is 28.7 Å². The second-order valence-electron chi connectivity index (χ2n) is 8.83. The normalized spacial score (nSPS) is 23.7. The SMILES string of the molecule is CC(C)(C)OC(=O)N1CCC2C[C@@]21C(=O)OC(CC(F)(F)F)C(=O)c1ccc(Br)cc1. The molecule has 1 aliphatic heterocycles. The minimum Gasteiger partial charge on any atom is -0.452 e. The predicted octanol–water partition coefficient (Wildman–Crippen LogP) is 4.90. The maximum absolute atomic E-state index is 13.1. The monoisotopic (exact) mass is 505 g/mol. The van der Waals surface area contributed by atoms with E-state index < -0.39 is 47.7 Å². The highest BCUT2D eigenvalue weighted by molar-refractivity contribution is 9.10. The van der Waals surface area contributed by atoms with E-state index in [-0.39, 0.29) is 24.4 Å². The molecule has 1 amide bonds. The zero-order valence-corrected chi connectivity index (χ0v) is 18.9. The Morgan fingerprint density at radius 3 is 2.32 bits per heavy atom. The van der Waals surface area contributed by atoms with Gasteiger partial charge in [0.05, 0.1) is 6.42 Å². The topological polar surface area (TPSA) is 72.9 Å². The average Bonchev–Trinajstić information content (AvgIpc) is 3.23. The summed E-state index contributed by atoms with van der Waals surface area (Å²) < 4.78 is 50.5. The van der Waals surface area contributed by atoms with Crippen molar-refractivity contribution in [2.24, 2.45) is 5.92 Å². The highest BCUT2D eigenvalue weighted by Crippen LogP contribution is 2.57. The molecule has 3 rings (SSSR count). The van der Waals surface area contributed by atoms with Gasteiger partial charge in [0.25, 0.3) is 0 Å². The zero-order valence-electron chi connectivity index (χ0n) is 17.3. The molecule has 1 aromatic rings. The van der Waals surface area contributed by atoms with Crippen molar-refractivity contribution in [3.63, 3.8) is 0 Å². The summed E-state index contributed by atoms with van der Waals surface area (Å²) in [5.74, 6) is -2.17. The van der Waals surface area contributed by atoms with Gasteiger partial charge in [-0.15, -0.1) is 0 Å². The molecule has 2 fully saturated rings. The lowest BCUT2D eigenvalue weighted by molar-refractivity contribution is -0.172. The number of carbonyl (C=O) groups excluding carboxylic acids is 3. The molecule has 1 saturated heterocycles. The summed E-state index contributed by atoms with van der Waals surface area (Å²) in [5, 5.41) is 0. The molecule has 170 valence electrons. The fourth-order valence-corrected chi connectivity index (χ4v) is 4.10. The molecule has 1 heterocycles. The van der Waals surface area contributed by atoms with Crippen LogP contribution in [0.5, 0.6) is 0 Å². The van der Waals surface area contributed by atoms with Crippen molar-refractivity contribution in [2.45, 2.75) is 63.5 Å². The van der Waals surface area contributed by atoms with E-state index in [0.29, 0.717) is 10.9 Å². The van der Waals surface area contributed by atoms with Crippen LogP contribution in [-0.4, -0.2) is 52.7 Å². The summed E-state index contributed by atoms with van der Waals surface area (Å²) in [6.07, 6.45) is -8.31. The van der Waals surface area contributed by atoms with Gasteiger partial charge in [0, 0.05) is 16.6 Å². The Kier molecular flexibility index (Phi) is 6.16. The molecule has 2 aliphatic rings. The van der Waals surface area contributed by atoms with E-state index in [1.54, 1.807) is 20.8 Å². The molecule has 3 atom stereocenters. The Bertz CT molecular complexity index is 880. The lowest BCUT2D eigenvalue weighted by Gasteiger charge is -2.31. The Labute approximate surface area is 186 Å². The van der Waals surface area contributed by atoms with Gasteiger partial charge in [-0.3, -0.25) is 9.69 Å². The number of esters is 1. The fraction of sp³-hybridized carbons (Fsp3) is 0.571. The molecule has 0 bridgehead atoms. The van der Waals surface area contributed by atoms with Crippen LogP contribution in [-0.2, 0) is 14.3 Å². The zero-order chi connectivity index (χ0) is 23.2. The van der Waals surface area contributed by atoms with E-state index in [1.807, 2.05) is 0 Å². The molecular weight excluding hydrogens is 483 g/mol. The summed E-state index contributed by atoms with van der Waals surface area (Å²) >= 11 is 3.19. The van der Waals surface area contributed by atoms with Gasteiger partial charge in [-0.1, -0.05) is 28.1 Å². The predicted molar refractivity (Wildman–Crippen MR) is 107 cm³/mol. The molecule has 0 spiro atoms. The number of benzene rings is 1. The first-order chi connectivity index (χ1) is 14.2. The van der Waals surface area contributed by atoms with Crippen molar-refractivity contribution in [1.29, 1.82) is 0 Å². The minimum absolute atomic E-state index is 0.00878. The molecule has 31 heavy (non-hydrogen) atoms. The van der Waals surface area contributed by atoms with Crippen molar-refractivity contribution in [2.75, 3.05) is 6.54 Å². The lowest BCUT2D eigenvalue weighted by atomic mass is 10.0. The third-order valence-electron chi connectivity index (χ3n) is 5.31. The molecule has 10 heteroatoms. The highest BCUT2D eigenvalue weighted by atomic mass is 79.9. The van der Waals surface area contributed by atoms with Crippen LogP contribution >= 0.6 is 15.9 Å². The summed E-state index contributed by atoms with van der Waals surface area (Å²) in [4.78, 5) is 39.5. The number of rotatable bonds is 5. The minimum atomic E-state index is -4.73. The Morgan fingerprint density at radius 1 is 1.19 bits per heavy atom. The molecular formula is C21H23BrF3NO5. The number of ether oxygens (including phenoxy) is 2. The van der Waals surface area contributed by atoms with Gasteiger partial charge in [0.15, 0.2) is 6.10 Å². The van der Waals surface area contributed by atoms with Crippen LogP contribution in [0.3, 0.4) is 0 Å². The first kappa shape index (κ1) is 23.6. The van der Waals surface area contributed by atoms with Crippen LogP contribution in [0.4, 0.5) is 18.0 Å². The highest BCUT2D eigenvalue weighted by Gasteiger charge is 2.70. The summed E-state index contributed by atoms with van der Waals surface area (Å²) in [6.45, 7) is 5.26. The number of ketones is 1. The molecule has 0 aromatic heterocycles. The van der Waals surface area contributed by atoms with Crippen LogP contribution in [0.25, 0.3) is 0 Å². The number of alkyl halides is 3. The van der Waals surface area contributed by atoms with Gasteiger partial charge < -0.3 is 9.47 Å². The number of hydrogen-bond acceptors (Lipinski definition) is 5. The first-order valence-corrected chi connectivity index (χ1v) is 10.6. The fourth-order valence-electron chi connectivity index (χ4n) is 3.83. The quantitative estimate of drug-likeness (QED) is 0.420. The van der Waals surface area contributed by atoms with Gasteiger partial charge in [0.2, 0.25) is 5.78 Å². The van der Waals surface area contributed by atoms with Crippen molar-refractivity contribution in [1.82, 2.24) is 4.90 Å². The molecule has 1 aliphatic carbocycles. The van der Waals surface area contributed by atoms with E-state index in [4.69, 9.17) is 9.47 Å². The lowest BCUT2D eigenvalue weighted by Crippen LogP contribution is -2.49. The number of piperidine rings is 1. The van der Waals surface area contributed by atoms with Crippen molar-refractivity contribution in [3.05, 3.63) is 34.3 Å². The maximum Gasteiger partial charge on any atom is 0.411 e. The molecule has 0 radical (unpaired) electrons. The Balaban J connectivity index is 1.80. The van der Waals surface area contributed by atoms with Gasteiger partial charge in [-0.2, -0.15) is 13.2 Å². The molecule has 6 nitrogen and oxygen atoms in total. The number of nitrogens with zero attached hydrogens (tertiary/aromatic N) is 1. The van der Waals surface area contributed by atoms with Gasteiger partial charge in [0.1, 0.15) is 11.1 Å². The van der Waals surface area contributed by atoms with Crippen LogP contribution in [0.2, 0.25) is 0 Å². The van der Waals surface area contributed by atoms with E-state index >= 15 is 0 Å². The van der Waals surface area contributed by atoms with E-state index in [2.05, 4.69) is 15.9 Å². The number of Topliss-reactive ketones (excluding diaryl/α,β-unsaturated/α-hetero) is 1. The summed E-state index contributed by atoms with van der Waals surface area (Å²) in [5.41, 5.74) is -2.18. The Morgan fingerprint density at radius 2 is 1.81 bits per heavy atom. The largest absolute Gasteiger partial charge is 0.452 e. The number of halogens is 4. The molecule has 1 aromatic carbocycles. The first-order valence-electron chi connectivity index (χ1n) is 9.81. The van der Waals surface area contributed by atoms with E-state index in [9.17, 15) is 27.6 Å². The van der Waals surface area contributed by atoms with Gasteiger partial charge in [-0.25, -0.2) is 9.59 Å². The molecule has 1 saturated carbocycles. The number of likely N-dealkylation sites (tertiary alicyclic amines) is 1. The van der Waals surface area contributed by atoms with Gasteiger partial charge >= 0.3 is 18.2 Å². The summed E-state index contributed by atoms with van der Waals surface area (Å²) in [7, 11) is 0. The maximum atomic E-state index is 13.1. The van der Waals surface area contributed by atoms with Crippen molar-refractivity contribution in [3.8, 4) is 0 Å². The average molecular weight is 506 g/mol. The smallest absolute Gasteiger partial charge is 0.411 e. The van der Waals surface area contributed by atoms with Crippen LogP contribution < -0.4 is 0 Å². The van der Waals surface area contributed by atoms with Gasteiger partial charge in [-0.05, 0) is 51.7 Å². The summed E-state index contributed by atoms with van der Waals surface area (Å²) in [6, 6.07) is 5.72. The standard InChI is InChI=1S/C21H23BrF3NO5/c1-19(2,3)31-18(29)26-9-8-13-10-20(13,26)17(28)30-15(11-21(23,24)25)16(27)12-4-6-14(22)7-5-12/h4-7,13,15H,8-11H2,1-3H3/t13?,15?,20-/m0/s1. The van der Waals surface area contributed by atoms with E-state index in [1.165, 1.54) is 29.2 Å². The second kappa shape index (κ2) is 8.11. The molecule has 0 N–H and O–H groups in total. The third-order valence-corrected chi connectivity index (χ3v) is 5.84. The van der Waals surface area contributed by atoms with Crippen LogP contribution in [0.1, 0.15) is 50.4 Å². The van der Waals surface area contributed by atoms with Crippen molar-refractivity contribution >= 4 is 33.8 Å². The Hall–Kier alpha value is -2.10. The second-order valence-corrected chi connectivity index (χ2v) is 9.75. The van der Waals surface area contributed by atoms with Crippen LogP contribution in [0, 0.1) is 5.92 Å². The third kappa shape index (κ3) is 5.22. The van der Waals surface area contributed by atoms with Crippen molar-refractivity contribution < 1.29 is 37.0 Å².